The lowest BCUT2D eigenvalue weighted by molar-refractivity contribution is 0.0672. The average Bonchev–Trinajstić information content (AvgIpc) is 2.88. The van der Waals surface area contributed by atoms with Gasteiger partial charge in [-0.15, -0.1) is 0 Å². The van der Waals surface area contributed by atoms with Crippen molar-refractivity contribution in [2.45, 2.75) is 25.9 Å². The van der Waals surface area contributed by atoms with Crippen LogP contribution in [0.3, 0.4) is 0 Å². The molecule has 0 spiro atoms. The number of aliphatic imine (C=N–C) groups is 1. The number of rotatable bonds is 8. The molecule has 0 bridgehead atoms. The number of aromatic nitrogens is 2. The van der Waals surface area contributed by atoms with Gasteiger partial charge in [0, 0.05) is 31.9 Å². The second-order valence-corrected chi connectivity index (χ2v) is 6.13. The van der Waals surface area contributed by atoms with E-state index < -0.39 is 5.60 Å². The molecular weight excluding hydrogens is 286 g/mol. The van der Waals surface area contributed by atoms with E-state index in [1.807, 2.05) is 31.9 Å². The largest absolute Gasteiger partial charge is 0.383 e. The van der Waals surface area contributed by atoms with Gasteiger partial charge in [-0.1, -0.05) is 0 Å². The first kappa shape index (κ1) is 17.8. The van der Waals surface area contributed by atoms with E-state index in [0.29, 0.717) is 0 Å². The zero-order valence-corrected chi connectivity index (χ0v) is 14.2. The topological polar surface area (TPSA) is 74.5 Å². The Bertz CT molecular complexity index is 444. The molecule has 1 unspecified atom stereocenters. The molecule has 0 fully saturated rings. The molecule has 1 rings (SSSR count). The Kier molecular flexibility index (Phi) is 7.60. The van der Waals surface area contributed by atoms with Crippen LogP contribution in [0.25, 0.3) is 0 Å². The summed E-state index contributed by atoms with van der Waals surface area (Å²) in [5, 5.41) is 21.1. The van der Waals surface area contributed by atoms with E-state index in [0.717, 1.165) is 36.8 Å². The number of hydrogen-bond donors (Lipinski definition) is 3. The third-order valence-corrected chi connectivity index (χ3v) is 3.73. The second kappa shape index (κ2) is 8.94. The highest BCUT2D eigenvalue weighted by atomic mass is 32.2. The maximum absolute atomic E-state index is 10.5. The number of nitrogens with zero attached hydrogens (tertiary/aromatic N) is 3. The molecule has 1 heterocycles. The number of guanidine groups is 1. The lowest BCUT2D eigenvalue weighted by Crippen LogP contribution is -2.39. The van der Waals surface area contributed by atoms with Gasteiger partial charge in [-0.3, -0.25) is 4.68 Å². The fraction of sp³-hybridized carbons (Fsp3) is 0.714. The minimum absolute atomic E-state index is 0.288. The zero-order valence-electron chi connectivity index (χ0n) is 13.4. The molecule has 1 aromatic rings. The van der Waals surface area contributed by atoms with Crippen LogP contribution in [-0.4, -0.2) is 52.5 Å². The monoisotopic (exact) mass is 313 g/mol. The van der Waals surface area contributed by atoms with Crippen molar-refractivity contribution in [3.63, 3.8) is 0 Å². The van der Waals surface area contributed by atoms with E-state index in [-0.39, 0.29) is 6.54 Å². The maximum atomic E-state index is 10.5. The minimum atomic E-state index is -1.02. The van der Waals surface area contributed by atoms with E-state index >= 15 is 0 Å². The molecule has 0 aromatic carbocycles. The van der Waals surface area contributed by atoms with Crippen LogP contribution in [0, 0.1) is 0 Å². The van der Waals surface area contributed by atoms with Gasteiger partial charge in [0.25, 0.3) is 0 Å². The van der Waals surface area contributed by atoms with Gasteiger partial charge < -0.3 is 15.7 Å². The van der Waals surface area contributed by atoms with Crippen molar-refractivity contribution >= 4 is 17.7 Å². The Morgan fingerprint density at radius 1 is 1.52 bits per heavy atom. The first-order chi connectivity index (χ1) is 9.99. The molecule has 21 heavy (non-hydrogen) atoms. The van der Waals surface area contributed by atoms with Gasteiger partial charge >= 0.3 is 0 Å². The molecular formula is C14H27N5OS. The van der Waals surface area contributed by atoms with Crippen LogP contribution >= 0.6 is 11.8 Å². The second-order valence-electron chi connectivity index (χ2n) is 5.14. The number of aryl methyl sites for hydroxylation is 1. The van der Waals surface area contributed by atoms with Crippen molar-refractivity contribution in [2.24, 2.45) is 12.0 Å². The Labute approximate surface area is 131 Å². The lowest BCUT2D eigenvalue weighted by atomic mass is 10.0. The molecule has 7 heteroatoms. The van der Waals surface area contributed by atoms with Crippen molar-refractivity contribution in [1.29, 1.82) is 0 Å². The lowest BCUT2D eigenvalue weighted by Gasteiger charge is -2.20. The Morgan fingerprint density at radius 2 is 2.29 bits per heavy atom. The fourth-order valence-electron chi connectivity index (χ4n) is 1.79. The molecule has 0 aliphatic carbocycles. The molecule has 1 aromatic heterocycles. The summed E-state index contributed by atoms with van der Waals surface area (Å²) in [5.74, 6) is 1.86. The first-order valence-corrected chi connectivity index (χ1v) is 8.61. The minimum Gasteiger partial charge on any atom is -0.383 e. The van der Waals surface area contributed by atoms with Crippen LogP contribution in [-0.2, 0) is 12.6 Å². The van der Waals surface area contributed by atoms with Gasteiger partial charge in [0.1, 0.15) is 5.60 Å². The molecule has 6 nitrogen and oxygen atoms in total. The molecule has 0 saturated carbocycles. The van der Waals surface area contributed by atoms with Crippen LogP contribution in [0.4, 0.5) is 0 Å². The molecule has 0 radical (unpaired) electrons. The first-order valence-electron chi connectivity index (χ1n) is 7.22. The Balaban J connectivity index is 2.59. The van der Waals surface area contributed by atoms with Gasteiger partial charge in [-0.2, -0.15) is 16.9 Å². The van der Waals surface area contributed by atoms with E-state index in [9.17, 15) is 5.11 Å². The molecule has 3 N–H and O–H groups in total. The summed E-state index contributed by atoms with van der Waals surface area (Å²) in [6, 6.07) is 0. The SMILES string of the molecule is CCNC(=NCC(C)(O)c1cnn(C)c1)NCCCSC. The predicted molar refractivity (Wildman–Crippen MR) is 89.8 cm³/mol. The van der Waals surface area contributed by atoms with Crippen LogP contribution in [0.15, 0.2) is 17.4 Å². The van der Waals surface area contributed by atoms with E-state index in [4.69, 9.17) is 0 Å². The normalized spacial score (nSPS) is 14.8. The van der Waals surface area contributed by atoms with Gasteiger partial charge in [-0.25, -0.2) is 4.99 Å². The standard InChI is InChI=1S/C14H27N5OS/c1-5-15-13(16-7-6-8-21-4)17-11-14(2,20)12-9-18-19(3)10-12/h9-10,20H,5-8,11H2,1-4H3,(H2,15,16,17). The molecule has 1 atom stereocenters. The summed E-state index contributed by atoms with van der Waals surface area (Å²) < 4.78 is 1.68. The molecule has 0 saturated heterocycles. The number of nitrogens with one attached hydrogen (secondary N) is 2. The van der Waals surface area contributed by atoms with Crippen molar-refractivity contribution in [3.05, 3.63) is 18.0 Å². The van der Waals surface area contributed by atoms with Crippen molar-refractivity contribution in [3.8, 4) is 0 Å². The quantitative estimate of drug-likeness (QED) is 0.378. The van der Waals surface area contributed by atoms with Gasteiger partial charge in [-0.05, 0) is 32.3 Å². The van der Waals surface area contributed by atoms with E-state index in [1.165, 1.54) is 0 Å². The third-order valence-electron chi connectivity index (χ3n) is 3.03. The number of hydrogen-bond acceptors (Lipinski definition) is 4. The summed E-state index contributed by atoms with van der Waals surface area (Å²) in [4.78, 5) is 4.47. The predicted octanol–water partition coefficient (Wildman–Crippen LogP) is 0.936. The van der Waals surface area contributed by atoms with Gasteiger partial charge in [0.15, 0.2) is 5.96 Å². The Hall–Kier alpha value is -1.21. The Morgan fingerprint density at radius 3 is 2.86 bits per heavy atom. The summed E-state index contributed by atoms with van der Waals surface area (Å²) >= 11 is 1.83. The third kappa shape index (κ3) is 6.39. The van der Waals surface area contributed by atoms with Gasteiger partial charge in [0.05, 0.1) is 12.7 Å². The maximum Gasteiger partial charge on any atom is 0.191 e. The summed E-state index contributed by atoms with van der Waals surface area (Å²) in [7, 11) is 1.83. The molecule has 0 aliphatic rings. The molecule has 120 valence electrons. The van der Waals surface area contributed by atoms with Crippen molar-refractivity contribution in [2.75, 3.05) is 31.6 Å². The smallest absolute Gasteiger partial charge is 0.191 e. The highest BCUT2D eigenvalue weighted by Crippen LogP contribution is 2.19. The van der Waals surface area contributed by atoms with Crippen LogP contribution < -0.4 is 10.6 Å². The van der Waals surface area contributed by atoms with Crippen molar-refractivity contribution < 1.29 is 5.11 Å². The van der Waals surface area contributed by atoms with Crippen LogP contribution in [0.2, 0.25) is 0 Å². The van der Waals surface area contributed by atoms with E-state index in [2.05, 4.69) is 27.0 Å². The summed E-state index contributed by atoms with van der Waals surface area (Å²) in [5.41, 5.74) is -0.248. The average molecular weight is 313 g/mol. The zero-order chi connectivity index (χ0) is 15.7. The fourth-order valence-corrected chi connectivity index (χ4v) is 2.22. The number of thioether (sulfide) groups is 1. The number of aliphatic hydroxyl groups is 1. The highest BCUT2D eigenvalue weighted by molar-refractivity contribution is 7.98. The molecule has 0 amide bonds. The van der Waals surface area contributed by atoms with E-state index in [1.54, 1.807) is 17.8 Å². The van der Waals surface area contributed by atoms with Gasteiger partial charge in [0.2, 0.25) is 0 Å². The van der Waals surface area contributed by atoms with Crippen LogP contribution in [0.5, 0.6) is 0 Å². The van der Waals surface area contributed by atoms with Crippen LogP contribution in [0.1, 0.15) is 25.8 Å². The van der Waals surface area contributed by atoms with Crippen molar-refractivity contribution in [1.82, 2.24) is 20.4 Å². The molecule has 0 aliphatic heterocycles. The summed E-state index contributed by atoms with van der Waals surface area (Å²) in [6.45, 7) is 5.74. The highest BCUT2D eigenvalue weighted by Gasteiger charge is 2.24. The summed E-state index contributed by atoms with van der Waals surface area (Å²) in [6.07, 6.45) is 6.68.